The summed E-state index contributed by atoms with van der Waals surface area (Å²) >= 11 is 7.02. The number of nitrogen functional groups attached to an aromatic ring is 1. The number of hydrogen-bond acceptors (Lipinski definition) is 3. The molecule has 2 rings (SSSR count). The molecule has 17 heavy (non-hydrogen) atoms. The van der Waals surface area contributed by atoms with Gasteiger partial charge in [-0.25, -0.2) is 4.39 Å². The number of nitriles is 1. The molecule has 86 valence electrons. The van der Waals surface area contributed by atoms with Crippen LogP contribution in [0.4, 0.5) is 10.1 Å². The van der Waals surface area contributed by atoms with Crippen molar-refractivity contribution in [2.45, 2.75) is 6.92 Å². The molecular formula is C12H8ClFN2S. The molecule has 0 fully saturated rings. The van der Waals surface area contributed by atoms with Crippen molar-refractivity contribution in [3.05, 3.63) is 39.5 Å². The Morgan fingerprint density at radius 2 is 2.18 bits per heavy atom. The highest BCUT2D eigenvalue weighted by Crippen LogP contribution is 2.39. The molecule has 2 aromatic rings. The Bertz CT molecular complexity index is 628. The molecule has 0 saturated heterocycles. The lowest BCUT2D eigenvalue weighted by Gasteiger charge is -2.02. The Morgan fingerprint density at radius 3 is 2.76 bits per heavy atom. The molecular weight excluding hydrogens is 259 g/mol. The van der Waals surface area contributed by atoms with E-state index in [1.54, 1.807) is 6.92 Å². The number of nitrogens with two attached hydrogens (primary N) is 1. The van der Waals surface area contributed by atoms with Gasteiger partial charge in [0.1, 0.15) is 16.8 Å². The van der Waals surface area contributed by atoms with E-state index in [-0.39, 0.29) is 5.82 Å². The van der Waals surface area contributed by atoms with E-state index in [9.17, 15) is 4.39 Å². The highest BCUT2D eigenvalue weighted by Gasteiger charge is 2.16. The summed E-state index contributed by atoms with van der Waals surface area (Å²) < 4.78 is 13.7. The summed E-state index contributed by atoms with van der Waals surface area (Å²) in [5, 5.41) is 9.34. The zero-order valence-corrected chi connectivity index (χ0v) is 10.5. The molecule has 0 unspecified atom stereocenters. The average molecular weight is 267 g/mol. The Hall–Kier alpha value is -1.57. The van der Waals surface area contributed by atoms with Gasteiger partial charge < -0.3 is 5.73 Å². The number of halogens is 2. The van der Waals surface area contributed by atoms with Crippen molar-refractivity contribution in [2.24, 2.45) is 0 Å². The second-order valence-corrected chi connectivity index (χ2v) is 4.99. The number of nitrogens with zero attached hydrogens (tertiary/aromatic N) is 1. The molecule has 2 N–H and O–H groups in total. The lowest BCUT2D eigenvalue weighted by atomic mass is 10.1. The van der Waals surface area contributed by atoms with Crippen LogP contribution >= 0.6 is 22.9 Å². The van der Waals surface area contributed by atoms with Gasteiger partial charge in [-0.1, -0.05) is 11.6 Å². The maximum absolute atomic E-state index is 13.7. The normalized spacial score (nSPS) is 10.2. The third-order valence-electron chi connectivity index (χ3n) is 2.47. The van der Waals surface area contributed by atoms with E-state index < -0.39 is 0 Å². The first kappa shape index (κ1) is 11.9. The van der Waals surface area contributed by atoms with Crippen molar-refractivity contribution in [1.82, 2.24) is 0 Å². The molecule has 5 heteroatoms. The summed E-state index contributed by atoms with van der Waals surface area (Å²) in [6, 6.07) is 6.33. The predicted octanol–water partition coefficient (Wildman–Crippen LogP) is 3.97. The van der Waals surface area contributed by atoms with Crippen LogP contribution in [0.5, 0.6) is 0 Å². The van der Waals surface area contributed by atoms with Crippen LogP contribution in [0.1, 0.15) is 10.4 Å². The topological polar surface area (TPSA) is 49.8 Å². The summed E-state index contributed by atoms with van der Waals surface area (Å²) in [6.45, 7) is 1.77. The van der Waals surface area contributed by atoms with E-state index in [0.717, 1.165) is 0 Å². The monoisotopic (exact) mass is 266 g/mol. The Labute approximate surface area is 107 Å². The molecule has 1 heterocycles. The first-order valence-electron chi connectivity index (χ1n) is 4.79. The van der Waals surface area contributed by atoms with E-state index in [4.69, 9.17) is 22.6 Å². The zero-order valence-electron chi connectivity index (χ0n) is 8.92. The molecule has 0 aliphatic rings. The third-order valence-corrected chi connectivity index (χ3v) is 3.95. The lowest BCUT2D eigenvalue weighted by Crippen LogP contribution is -1.88. The van der Waals surface area contributed by atoms with Crippen LogP contribution in [-0.4, -0.2) is 0 Å². The Balaban J connectivity index is 2.69. The largest absolute Gasteiger partial charge is 0.397 e. The molecule has 0 bridgehead atoms. The molecule has 0 amide bonds. The summed E-state index contributed by atoms with van der Waals surface area (Å²) in [6.07, 6.45) is 0. The Morgan fingerprint density at radius 1 is 1.47 bits per heavy atom. The minimum Gasteiger partial charge on any atom is -0.397 e. The molecule has 0 spiro atoms. The maximum atomic E-state index is 13.7. The minimum atomic E-state index is -0.372. The van der Waals surface area contributed by atoms with E-state index >= 15 is 0 Å². The van der Waals surface area contributed by atoms with Crippen molar-refractivity contribution in [3.63, 3.8) is 0 Å². The van der Waals surface area contributed by atoms with Crippen LogP contribution in [0.2, 0.25) is 5.02 Å². The molecule has 0 aliphatic heterocycles. The highest BCUT2D eigenvalue weighted by atomic mass is 35.5. The summed E-state index contributed by atoms with van der Waals surface area (Å²) in [5.74, 6) is -0.372. The second kappa shape index (κ2) is 4.36. The quantitative estimate of drug-likeness (QED) is 0.849. The fraction of sp³-hybridized carbons (Fsp3) is 0.0833. The van der Waals surface area contributed by atoms with Gasteiger partial charge in [-0.2, -0.15) is 5.26 Å². The van der Waals surface area contributed by atoms with Crippen molar-refractivity contribution < 1.29 is 4.39 Å². The summed E-state index contributed by atoms with van der Waals surface area (Å²) in [7, 11) is 0. The van der Waals surface area contributed by atoms with Gasteiger partial charge in [-0.05, 0) is 30.7 Å². The first-order valence-corrected chi connectivity index (χ1v) is 5.98. The van der Waals surface area contributed by atoms with E-state index in [1.165, 1.54) is 29.5 Å². The zero-order chi connectivity index (χ0) is 12.6. The van der Waals surface area contributed by atoms with Crippen LogP contribution in [0, 0.1) is 24.1 Å². The number of thiophene rings is 1. The predicted molar refractivity (Wildman–Crippen MR) is 68.6 cm³/mol. The molecule has 2 nitrogen and oxygen atoms in total. The van der Waals surface area contributed by atoms with Gasteiger partial charge in [0, 0.05) is 15.5 Å². The van der Waals surface area contributed by atoms with Crippen LogP contribution < -0.4 is 5.73 Å². The van der Waals surface area contributed by atoms with Gasteiger partial charge in [-0.3, -0.25) is 0 Å². The molecule has 0 radical (unpaired) electrons. The smallest absolute Gasteiger partial charge is 0.131 e. The molecule has 1 aromatic carbocycles. The van der Waals surface area contributed by atoms with Gasteiger partial charge in [-0.15, -0.1) is 11.3 Å². The third kappa shape index (κ3) is 1.99. The molecule has 1 aromatic heterocycles. The van der Waals surface area contributed by atoms with Gasteiger partial charge in [0.15, 0.2) is 0 Å². The number of rotatable bonds is 1. The van der Waals surface area contributed by atoms with Crippen molar-refractivity contribution in [1.29, 1.82) is 5.26 Å². The fourth-order valence-corrected chi connectivity index (χ4v) is 2.75. The first-order chi connectivity index (χ1) is 8.04. The minimum absolute atomic E-state index is 0.372. The maximum Gasteiger partial charge on any atom is 0.131 e. The van der Waals surface area contributed by atoms with Crippen molar-refractivity contribution in [3.8, 4) is 16.5 Å². The van der Waals surface area contributed by atoms with Gasteiger partial charge >= 0.3 is 0 Å². The van der Waals surface area contributed by atoms with E-state index in [0.29, 0.717) is 31.6 Å². The number of benzene rings is 1. The van der Waals surface area contributed by atoms with E-state index in [2.05, 4.69) is 0 Å². The van der Waals surface area contributed by atoms with Crippen LogP contribution in [0.3, 0.4) is 0 Å². The standard InChI is InChI=1S/C12H8ClFN2S/c1-6-11(16)10(5-15)17-12(6)8-4-7(13)2-3-9(8)14/h2-4H,16H2,1H3. The second-order valence-electron chi connectivity index (χ2n) is 3.53. The van der Waals surface area contributed by atoms with Gasteiger partial charge in [0.2, 0.25) is 0 Å². The molecule has 0 aliphatic carbocycles. The van der Waals surface area contributed by atoms with Crippen molar-refractivity contribution in [2.75, 3.05) is 5.73 Å². The highest BCUT2D eigenvalue weighted by molar-refractivity contribution is 7.16. The summed E-state index contributed by atoms with van der Waals surface area (Å²) in [4.78, 5) is 1.05. The van der Waals surface area contributed by atoms with Gasteiger partial charge in [0.05, 0.1) is 5.69 Å². The number of anilines is 1. The SMILES string of the molecule is Cc1c(-c2cc(Cl)ccc2F)sc(C#N)c1N. The average Bonchev–Trinajstić information content (AvgIpc) is 2.59. The van der Waals surface area contributed by atoms with E-state index in [1.807, 2.05) is 6.07 Å². The van der Waals surface area contributed by atoms with Crippen LogP contribution in [0.25, 0.3) is 10.4 Å². The van der Waals surface area contributed by atoms with Gasteiger partial charge in [0.25, 0.3) is 0 Å². The Kier molecular flexibility index (Phi) is 3.05. The molecule has 0 saturated carbocycles. The van der Waals surface area contributed by atoms with Crippen LogP contribution in [-0.2, 0) is 0 Å². The van der Waals surface area contributed by atoms with Crippen molar-refractivity contribution >= 4 is 28.6 Å². The van der Waals surface area contributed by atoms with Crippen LogP contribution in [0.15, 0.2) is 18.2 Å². The summed E-state index contributed by atoms with van der Waals surface area (Å²) in [5.41, 5.74) is 7.28. The lowest BCUT2D eigenvalue weighted by molar-refractivity contribution is 0.631. The molecule has 0 atom stereocenters. The number of hydrogen-bond donors (Lipinski definition) is 1. The fourth-order valence-electron chi connectivity index (χ4n) is 1.54.